The minimum atomic E-state index is -0.352. The number of ether oxygens (including phenoxy) is 1. The van der Waals surface area contributed by atoms with E-state index in [1.54, 1.807) is 0 Å². The number of aryl methyl sites for hydroxylation is 1. The van der Waals surface area contributed by atoms with Crippen LogP contribution in [0.5, 0.6) is 5.75 Å². The maximum atomic E-state index is 10.0. The minimum absolute atomic E-state index is 0.352. The molecule has 86 valence electrons. The van der Waals surface area contributed by atoms with Gasteiger partial charge in [0.15, 0.2) is 0 Å². The van der Waals surface area contributed by atoms with Crippen LogP contribution in [0.15, 0.2) is 18.2 Å². The number of rotatable bonds is 3. The van der Waals surface area contributed by atoms with Gasteiger partial charge in [-0.1, -0.05) is 12.1 Å². The molecule has 1 aliphatic carbocycles. The molecule has 1 fully saturated rings. The minimum Gasteiger partial charge on any atom is -0.493 e. The first kappa shape index (κ1) is 10.2. The average molecular weight is 218 g/mol. The summed E-state index contributed by atoms with van der Waals surface area (Å²) in [6.07, 6.45) is 6.10. The average Bonchev–Trinajstić information content (AvgIpc) is 2.70. The molecule has 0 aromatic heterocycles. The van der Waals surface area contributed by atoms with E-state index in [1.807, 2.05) is 0 Å². The Morgan fingerprint density at radius 3 is 2.94 bits per heavy atom. The quantitative estimate of drug-likeness (QED) is 0.844. The second-order valence-corrected chi connectivity index (χ2v) is 5.12. The van der Waals surface area contributed by atoms with Crippen LogP contribution in [0.4, 0.5) is 0 Å². The van der Waals surface area contributed by atoms with Gasteiger partial charge in [-0.25, -0.2) is 0 Å². The predicted molar refractivity (Wildman–Crippen MR) is 62.8 cm³/mol. The van der Waals surface area contributed by atoms with Crippen molar-refractivity contribution in [3.8, 4) is 5.75 Å². The van der Waals surface area contributed by atoms with Crippen molar-refractivity contribution in [2.45, 2.75) is 44.1 Å². The lowest BCUT2D eigenvalue weighted by Gasteiger charge is -2.36. The first-order chi connectivity index (χ1) is 7.75. The van der Waals surface area contributed by atoms with E-state index in [0.717, 1.165) is 44.5 Å². The van der Waals surface area contributed by atoms with E-state index in [-0.39, 0.29) is 5.60 Å². The molecule has 0 atom stereocenters. The third-order valence-corrected chi connectivity index (χ3v) is 3.92. The van der Waals surface area contributed by atoms with E-state index in [4.69, 9.17) is 4.74 Å². The van der Waals surface area contributed by atoms with Crippen LogP contribution < -0.4 is 4.74 Å². The highest BCUT2D eigenvalue weighted by atomic mass is 16.5. The Hall–Kier alpha value is -1.02. The molecule has 0 saturated heterocycles. The van der Waals surface area contributed by atoms with E-state index in [1.165, 1.54) is 17.5 Å². The van der Waals surface area contributed by atoms with Crippen LogP contribution in [0.25, 0.3) is 0 Å². The number of hydrogen-bond donors (Lipinski definition) is 1. The number of aliphatic hydroxyl groups is 1. The van der Waals surface area contributed by atoms with Gasteiger partial charge in [-0.2, -0.15) is 0 Å². The Morgan fingerprint density at radius 2 is 2.19 bits per heavy atom. The largest absolute Gasteiger partial charge is 0.493 e. The number of benzene rings is 1. The summed E-state index contributed by atoms with van der Waals surface area (Å²) in [6, 6.07) is 6.44. The first-order valence-corrected chi connectivity index (χ1v) is 6.22. The zero-order chi connectivity index (χ0) is 11.0. The molecule has 1 aromatic rings. The Bertz CT molecular complexity index is 394. The molecule has 0 bridgehead atoms. The SMILES string of the molecule is OC1(CCc2ccc3c(c2)CCO3)CCC1. The fraction of sp³-hybridized carbons (Fsp3) is 0.571. The highest BCUT2D eigenvalue weighted by Crippen LogP contribution is 2.36. The first-order valence-electron chi connectivity index (χ1n) is 6.22. The Morgan fingerprint density at radius 1 is 1.31 bits per heavy atom. The van der Waals surface area contributed by atoms with Crippen LogP contribution in [0.3, 0.4) is 0 Å². The van der Waals surface area contributed by atoms with Gasteiger partial charge in [0.25, 0.3) is 0 Å². The van der Waals surface area contributed by atoms with Crippen LogP contribution in [0, 0.1) is 0 Å². The third-order valence-electron chi connectivity index (χ3n) is 3.92. The van der Waals surface area contributed by atoms with Crippen molar-refractivity contribution in [1.82, 2.24) is 0 Å². The summed E-state index contributed by atoms with van der Waals surface area (Å²) in [5.74, 6) is 1.05. The molecule has 1 aromatic carbocycles. The van der Waals surface area contributed by atoms with E-state index in [2.05, 4.69) is 18.2 Å². The zero-order valence-electron chi connectivity index (χ0n) is 9.54. The Kier molecular flexibility index (Phi) is 2.40. The third kappa shape index (κ3) is 1.82. The summed E-state index contributed by atoms with van der Waals surface area (Å²) < 4.78 is 5.48. The molecular weight excluding hydrogens is 200 g/mol. The van der Waals surface area contributed by atoms with Gasteiger partial charge in [-0.05, 0) is 49.3 Å². The van der Waals surface area contributed by atoms with Crippen LogP contribution in [0.1, 0.15) is 36.8 Å². The van der Waals surface area contributed by atoms with Crippen molar-refractivity contribution >= 4 is 0 Å². The molecule has 0 spiro atoms. The molecule has 0 unspecified atom stereocenters. The normalized spacial score (nSPS) is 21.1. The van der Waals surface area contributed by atoms with Crippen molar-refractivity contribution in [2.75, 3.05) is 6.61 Å². The van der Waals surface area contributed by atoms with Crippen molar-refractivity contribution in [3.05, 3.63) is 29.3 Å². The second kappa shape index (κ2) is 3.77. The van der Waals surface area contributed by atoms with Gasteiger partial charge < -0.3 is 9.84 Å². The highest BCUT2D eigenvalue weighted by molar-refractivity contribution is 5.39. The molecule has 1 aliphatic heterocycles. The smallest absolute Gasteiger partial charge is 0.122 e. The van der Waals surface area contributed by atoms with Gasteiger partial charge in [0, 0.05) is 6.42 Å². The highest BCUT2D eigenvalue weighted by Gasteiger charge is 2.33. The molecular formula is C14H18O2. The monoisotopic (exact) mass is 218 g/mol. The molecule has 3 rings (SSSR count). The van der Waals surface area contributed by atoms with Gasteiger partial charge in [-0.15, -0.1) is 0 Å². The van der Waals surface area contributed by atoms with Crippen LogP contribution in [-0.2, 0) is 12.8 Å². The summed E-state index contributed by atoms with van der Waals surface area (Å²) in [7, 11) is 0. The molecule has 0 amide bonds. The molecule has 2 heteroatoms. The summed E-state index contributed by atoms with van der Waals surface area (Å²) in [5.41, 5.74) is 2.32. The summed E-state index contributed by atoms with van der Waals surface area (Å²) in [4.78, 5) is 0. The zero-order valence-corrected chi connectivity index (χ0v) is 9.54. The van der Waals surface area contributed by atoms with Gasteiger partial charge in [0.2, 0.25) is 0 Å². The van der Waals surface area contributed by atoms with E-state index >= 15 is 0 Å². The standard InChI is InChI=1S/C14H18O2/c15-14(6-1-7-14)8-4-11-2-3-13-12(10-11)5-9-16-13/h2-3,10,15H,1,4-9H2. The number of fused-ring (bicyclic) bond motifs is 1. The van der Waals surface area contributed by atoms with Crippen LogP contribution in [0.2, 0.25) is 0 Å². The predicted octanol–water partition coefficient (Wildman–Crippen LogP) is 2.47. The number of hydrogen-bond acceptors (Lipinski definition) is 2. The Balaban J connectivity index is 1.66. The van der Waals surface area contributed by atoms with E-state index in [0.29, 0.717) is 0 Å². The van der Waals surface area contributed by atoms with Crippen molar-refractivity contribution in [3.63, 3.8) is 0 Å². The molecule has 1 saturated carbocycles. The topological polar surface area (TPSA) is 29.5 Å². The van der Waals surface area contributed by atoms with Crippen LogP contribution >= 0.6 is 0 Å². The fourth-order valence-electron chi connectivity index (χ4n) is 2.61. The molecule has 2 nitrogen and oxygen atoms in total. The lowest BCUT2D eigenvalue weighted by atomic mass is 9.76. The molecule has 1 N–H and O–H groups in total. The molecule has 0 radical (unpaired) electrons. The summed E-state index contributed by atoms with van der Waals surface area (Å²) in [6.45, 7) is 0.822. The molecule has 2 aliphatic rings. The second-order valence-electron chi connectivity index (χ2n) is 5.12. The maximum Gasteiger partial charge on any atom is 0.122 e. The van der Waals surface area contributed by atoms with Crippen molar-refractivity contribution in [1.29, 1.82) is 0 Å². The Labute approximate surface area is 96.2 Å². The fourth-order valence-corrected chi connectivity index (χ4v) is 2.61. The van der Waals surface area contributed by atoms with E-state index in [9.17, 15) is 5.11 Å². The van der Waals surface area contributed by atoms with Crippen LogP contribution in [-0.4, -0.2) is 17.3 Å². The van der Waals surface area contributed by atoms with Crippen molar-refractivity contribution < 1.29 is 9.84 Å². The van der Waals surface area contributed by atoms with E-state index < -0.39 is 0 Å². The summed E-state index contributed by atoms with van der Waals surface area (Å²) in [5, 5.41) is 10.0. The van der Waals surface area contributed by atoms with Gasteiger partial charge in [0.1, 0.15) is 5.75 Å². The van der Waals surface area contributed by atoms with Gasteiger partial charge >= 0.3 is 0 Å². The maximum absolute atomic E-state index is 10.0. The summed E-state index contributed by atoms with van der Waals surface area (Å²) >= 11 is 0. The van der Waals surface area contributed by atoms with Gasteiger partial charge in [-0.3, -0.25) is 0 Å². The lowest BCUT2D eigenvalue weighted by molar-refractivity contribution is -0.0397. The molecule has 16 heavy (non-hydrogen) atoms. The van der Waals surface area contributed by atoms with Crippen molar-refractivity contribution in [2.24, 2.45) is 0 Å². The molecule has 1 heterocycles. The van der Waals surface area contributed by atoms with Gasteiger partial charge in [0.05, 0.1) is 12.2 Å². The lowest BCUT2D eigenvalue weighted by Crippen LogP contribution is -2.37.